The fraction of sp³-hybridized carbons (Fsp3) is 0.548. The Labute approximate surface area is 240 Å². The molecule has 1 unspecified atom stereocenters. The van der Waals surface area contributed by atoms with Crippen LogP contribution in [0, 0.1) is 5.41 Å². The molecule has 42 heavy (non-hydrogen) atoms. The lowest BCUT2D eigenvalue weighted by Gasteiger charge is -2.47. The van der Waals surface area contributed by atoms with E-state index in [1.165, 1.54) is 6.92 Å². The number of nitrogens with one attached hydrogen (secondary N) is 1. The lowest BCUT2D eigenvalue weighted by Crippen LogP contribution is -2.54. The van der Waals surface area contributed by atoms with Crippen molar-refractivity contribution in [1.29, 1.82) is 0 Å². The van der Waals surface area contributed by atoms with Crippen molar-refractivity contribution in [2.24, 2.45) is 5.41 Å². The van der Waals surface area contributed by atoms with Crippen LogP contribution in [-0.4, -0.2) is 42.5 Å². The summed E-state index contributed by atoms with van der Waals surface area (Å²) in [5.41, 5.74) is -3.59. The van der Waals surface area contributed by atoms with E-state index in [-0.39, 0.29) is 29.1 Å². The van der Waals surface area contributed by atoms with Crippen molar-refractivity contribution in [2.75, 3.05) is 19.7 Å². The summed E-state index contributed by atoms with van der Waals surface area (Å²) >= 11 is 0. The molecular weight excluding hydrogens is 562 g/mol. The van der Waals surface area contributed by atoms with E-state index in [1.54, 1.807) is 0 Å². The van der Waals surface area contributed by atoms with Crippen LogP contribution in [0.5, 0.6) is 0 Å². The molecule has 0 bridgehead atoms. The predicted octanol–water partition coefficient (Wildman–Crippen LogP) is 6.81. The molecule has 5 nitrogen and oxygen atoms in total. The van der Waals surface area contributed by atoms with Crippen molar-refractivity contribution in [1.82, 2.24) is 10.2 Å². The fourth-order valence-electron chi connectivity index (χ4n) is 6.79. The van der Waals surface area contributed by atoms with E-state index in [4.69, 9.17) is 4.74 Å². The summed E-state index contributed by atoms with van der Waals surface area (Å²) in [5.74, 6) is -1.99. The van der Waals surface area contributed by atoms with Crippen molar-refractivity contribution in [2.45, 2.75) is 81.7 Å². The first-order valence-electron chi connectivity index (χ1n) is 14.3. The van der Waals surface area contributed by atoms with Crippen molar-refractivity contribution in [3.05, 3.63) is 70.8 Å². The molecule has 2 aromatic rings. The number of ether oxygens (including phenoxy) is 1. The SMILES string of the molecule is CC(C(=O)NC1(c2ccccc2)CCC(N2CCC3(CCOC3=O)CC2)CC1)c1cc(C(F)(F)F)cc(C(F)(F)F)c1. The molecule has 1 atom stereocenters. The van der Waals surface area contributed by atoms with Gasteiger partial charge in [-0.3, -0.25) is 9.59 Å². The molecule has 3 fully saturated rings. The minimum absolute atomic E-state index is 0.0684. The molecule has 2 saturated heterocycles. The smallest absolute Gasteiger partial charge is 0.416 e. The molecule has 5 rings (SSSR count). The van der Waals surface area contributed by atoms with E-state index in [9.17, 15) is 35.9 Å². The molecule has 11 heteroatoms. The van der Waals surface area contributed by atoms with Crippen LogP contribution >= 0.6 is 0 Å². The predicted molar refractivity (Wildman–Crippen MR) is 142 cm³/mol. The number of carbonyl (C=O) groups is 2. The van der Waals surface area contributed by atoms with Gasteiger partial charge in [0.15, 0.2) is 0 Å². The Morgan fingerprint density at radius 1 is 0.905 bits per heavy atom. The Morgan fingerprint density at radius 2 is 1.48 bits per heavy atom. The van der Waals surface area contributed by atoms with Gasteiger partial charge in [-0.25, -0.2) is 0 Å². The van der Waals surface area contributed by atoms with Crippen molar-refractivity contribution < 1.29 is 40.7 Å². The molecule has 0 radical (unpaired) electrons. The van der Waals surface area contributed by atoms with E-state index in [0.29, 0.717) is 31.6 Å². The molecule has 2 aromatic carbocycles. The minimum Gasteiger partial charge on any atom is -0.465 e. The van der Waals surface area contributed by atoms with Crippen LogP contribution in [0.4, 0.5) is 26.3 Å². The number of esters is 1. The summed E-state index contributed by atoms with van der Waals surface area (Å²) in [5, 5.41) is 3.05. The highest BCUT2D eigenvalue weighted by molar-refractivity contribution is 5.84. The molecule has 2 heterocycles. The number of benzene rings is 2. The Balaban J connectivity index is 1.33. The number of alkyl halides is 6. The third kappa shape index (κ3) is 6.02. The van der Waals surface area contributed by atoms with Gasteiger partial charge >= 0.3 is 18.3 Å². The van der Waals surface area contributed by atoms with Gasteiger partial charge in [0.05, 0.1) is 34.6 Å². The van der Waals surface area contributed by atoms with Crippen LogP contribution in [-0.2, 0) is 32.2 Å². The van der Waals surface area contributed by atoms with Crippen molar-refractivity contribution in [3.63, 3.8) is 0 Å². The Hall–Kier alpha value is -3.08. The second kappa shape index (κ2) is 11.2. The fourth-order valence-corrected chi connectivity index (χ4v) is 6.79. The van der Waals surface area contributed by atoms with E-state index in [2.05, 4.69) is 10.2 Å². The Kier molecular flexibility index (Phi) is 8.10. The van der Waals surface area contributed by atoms with E-state index < -0.39 is 40.8 Å². The van der Waals surface area contributed by atoms with Gasteiger partial charge in [0.25, 0.3) is 0 Å². The van der Waals surface area contributed by atoms with Crippen LogP contribution in [0.1, 0.15) is 80.0 Å². The van der Waals surface area contributed by atoms with Crippen LogP contribution in [0.25, 0.3) is 0 Å². The summed E-state index contributed by atoms with van der Waals surface area (Å²) in [4.78, 5) is 28.2. The summed E-state index contributed by atoms with van der Waals surface area (Å²) in [7, 11) is 0. The first kappa shape index (κ1) is 30.4. The average molecular weight is 597 g/mol. The highest BCUT2D eigenvalue weighted by atomic mass is 19.4. The minimum atomic E-state index is -5.00. The Morgan fingerprint density at radius 3 is 1.98 bits per heavy atom. The zero-order valence-electron chi connectivity index (χ0n) is 23.3. The third-order valence-electron chi connectivity index (χ3n) is 9.52. The summed E-state index contributed by atoms with van der Waals surface area (Å²) in [6.45, 7) is 3.35. The zero-order valence-corrected chi connectivity index (χ0v) is 23.3. The number of likely N-dealkylation sites (tertiary alicyclic amines) is 1. The summed E-state index contributed by atoms with van der Waals surface area (Å²) < 4.78 is 86.0. The zero-order chi connectivity index (χ0) is 30.3. The number of hydrogen-bond acceptors (Lipinski definition) is 4. The maximum atomic E-state index is 13.5. The number of amides is 1. The molecule has 2 aliphatic heterocycles. The van der Waals surface area contributed by atoms with Crippen LogP contribution in [0.3, 0.4) is 0 Å². The van der Waals surface area contributed by atoms with Crippen LogP contribution < -0.4 is 5.32 Å². The number of rotatable bonds is 5. The molecular formula is C31H34F6N2O3. The topological polar surface area (TPSA) is 58.6 Å². The highest BCUT2D eigenvalue weighted by Crippen LogP contribution is 2.44. The van der Waals surface area contributed by atoms with Gasteiger partial charge < -0.3 is 15.0 Å². The van der Waals surface area contributed by atoms with E-state index >= 15 is 0 Å². The molecule has 228 valence electrons. The lowest BCUT2D eigenvalue weighted by atomic mass is 9.72. The quantitative estimate of drug-likeness (QED) is 0.304. The van der Waals surface area contributed by atoms with Gasteiger partial charge in [-0.15, -0.1) is 0 Å². The highest BCUT2D eigenvalue weighted by Gasteiger charge is 2.48. The maximum absolute atomic E-state index is 13.5. The van der Waals surface area contributed by atoms with Gasteiger partial charge in [-0.2, -0.15) is 26.3 Å². The van der Waals surface area contributed by atoms with Crippen LogP contribution in [0.15, 0.2) is 48.5 Å². The largest absolute Gasteiger partial charge is 0.465 e. The van der Waals surface area contributed by atoms with Gasteiger partial charge in [-0.1, -0.05) is 30.3 Å². The molecule has 1 aliphatic carbocycles. The second-order valence-electron chi connectivity index (χ2n) is 11.9. The number of halogens is 6. The monoisotopic (exact) mass is 596 g/mol. The number of hydrogen-bond donors (Lipinski definition) is 1. The van der Waals surface area contributed by atoms with Crippen molar-refractivity contribution >= 4 is 11.9 Å². The lowest BCUT2D eigenvalue weighted by molar-refractivity contribution is -0.149. The van der Waals surface area contributed by atoms with Crippen molar-refractivity contribution in [3.8, 4) is 0 Å². The van der Waals surface area contributed by atoms with Gasteiger partial charge in [0.2, 0.25) is 5.91 Å². The maximum Gasteiger partial charge on any atom is 0.416 e. The van der Waals surface area contributed by atoms with E-state index in [0.717, 1.165) is 50.8 Å². The molecule has 0 aromatic heterocycles. The van der Waals surface area contributed by atoms with Crippen LogP contribution in [0.2, 0.25) is 0 Å². The molecule has 1 N–H and O–H groups in total. The normalized spacial score (nSPS) is 25.7. The average Bonchev–Trinajstić information content (AvgIpc) is 3.31. The van der Waals surface area contributed by atoms with Gasteiger partial charge in [0, 0.05) is 6.04 Å². The third-order valence-corrected chi connectivity index (χ3v) is 9.52. The molecule has 1 saturated carbocycles. The second-order valence-corrected chi connectivity index (χ2v) is 11.9. The standard InChI is InChI=1S/C31H34F6N2O3/c1-20(21-17-23(30(32,33)34)19-24(18-21)31(35,36)37)26(40)38-29(22-5-3-2-4-6-22)9-7-25(8-10-29)39-14-11-28(12-15-39)13-16-42-27(28)41/h2-6,17-20,25H,7-16H2,1H3,(H,38,40). The number of nitrogens with zero attached hydrogens (tertiary/aromatic N) is 1. The first-order valence-corrected chi connectivity index (χ1v) is 14.3. The van der Waals surface area contributed by atoms with Gasteiger partial charge in [-0.05, 0) is 94.3 Å². The number of piperidine rings is 1. The summed E-state index contributed by atoms with van der Waals surface area (Å²) in [6, 6.07) is 10.8. The van der Waals surface area contributed by atoms with Gasteiger partial charge in [0.1, 0.15) is 0 Å². The molecule has 1 spiro atoms. The number of carbonyl (C=O) groups excluding carboxylic acids is 2. The van der Waals surface area contributed by atoms with E-state index in [1.807, 2.05) is 30.3 Å². The first-order chi connectivity index (χ1) is 19.7. The number of cyclic esters (lactones) is 1. The molecule has 3 aliphatic rings. The Bertz CT molecular complexity index is 1260. The molecule has 1 amide bonds. The summed E-state index contributed by atoms with van der Waals surface area (Å²) in [6.07, 6.45) is -5.16.